The molecule has 3 N–H and O–H groups in total. The number of carbonyl (C=O) groups is 2. The number of primary amides is 1. The van der Waals surface area contributed by atoms with E-state index in [0.29, 0.717) is 16.5 Å². The van der Waals surface area contributed by atoms with Crippen LogP contribution < -0.4 is 11.1 Å². The molecule has 2 aromatic carbocycles. The third-order valence-electron chi connectivity index (χ3n) is 3.56. The molecule has 7 heteroatoms. The Morgan fingerprint density at radius 1 is 1.25 bits per heavy atom. The summed E-state index contributed by atoms with van der Waals surface area (Å²) in [6.07, 6.45) is 0.504. The summed E-state index contributed by atoms with van der Waals surface area (Å²) in [6, 6.07) is 7.58. The molecule has 0 saturated heterocycles. The van der Waals surface area contributed by atoms with Gasteiger partial charge in [0.2, 0.25) is 11.8 Å². The van der Waals surface area contributed by atoms with Crippen molar-refractivity contribution in [1.29, 1.82) is 0 Å². The van der Waals surface area contributed by atoms with Gasteiger partial charge in [-0.1, -0.05) is 35.3 Å². The first-order valence-electron chi connectivity index (χ1n) is 7.12. The van der Waals surface area contributed by atoms with Gasteiger partial charge in [-0.15, -0.1) is 0 Å². The molecule has 0 spiro atoms. The second-order valence-corrected chi connectivity index (χ2v) is 6.04. The van der Waals surface area contributed by atoms with Gasteiger partial charge in [-0.05, 0) is 37.1 Å². The minimum Gasteiger partial charge on any atom is -0.366 e. The Hall–Kier alpha value is -2.11. The highest BCUT2D eigenvalue weighted by atomic mass is 35.5. The zero-order valence-electron chi connectivity index (χ0n) is 12.8. The average molecular weight is 369 g/mol. The van der Waals surface area contributed by atoms with E-state index in [1.165, 1.54) is 13.0 Å². The number of halogens is 3. The van der Waals surface area contributed by atoms with E-state index < -0.39 is 11.7 Å². The highest BCUT2D eigenvalue weighted by molar-refractivity contribution is 6.42. The van der Waals surface area contributed by atoms with Gasteiger partial charge in [-0.2, -0.15) is 0 Å². The number of nitrogens with two attached hydrogens (primary N) is 1. The van der Waals surface area contributed by atoms with E-state index in [9.17, 15) is 14.0 Å². The van der Waals surface area contributed by atoms with Crippen LogP contribution in [0.1, 0.15) is 27.9 Å². The number of hydrogen-bond acceptors (Lipinski definition) is 2. The minimum absolute atomic E-state index is 0.00807. The summed E-state index contributed by atoms with van der Waals surface area (Å²) < 4.78 is 13.8. The van der Waals surface area contributed by atoms with Crippen molar-refractivity contribution < 1.29 is 14.0 Å². The van der Waals surface area contributed by atoms with E-state index in [1.54, 1.807) is 18.2 Å². The summed E-state index contributed by atoms with van der Waals surface area (Å²) in [7, 11) is 0. The van der Waals surface area contributed by atoms with E-state index in [-0.39, 0.29) is 29.1 Å². The van der Waals surface area contributed by atoms with Crippen LogP contribution in [0.5, 0.6) is 0 Å². The van der Waals surface area contributed by atoms with Crippen molar-refractivity contribution in [1.82, 2.24) is 0 Å². The predicted octanol–water partition coefficient (Wildman–Crippen LogP) is 4.11. The Labute approximate surface area is 148 Å². The number of carbonyl (C=O) groups excluding carboxylic acids is 2. The van der Waals surface area contributed by atoms with Gasteiger partial charge < -0.3 is 11.1 Å². The van der Waals surface area contributed by atoms with Gasteiger partial charge in [-0.3, -0.25) is 9.59 Å². The van der Waals surface area contributed by atoms with Crippen LogP contribution in [0.4, 0.5) is 10.1 Å². The van der Waals surface area contributed by atoms with Gasteiger partial charge in [0.1, 0.15) is 5.82 Å². The molecule has 0 saturated carbocycles. The number of rotatable bonds is 5. The van der Waals surface area contributed by atoms with Crippen molar-refractivity contribution in [3.8, 4) is 0 Å². The molecule has 2 rings (SSSR count). The van der Waals surface area contributed by atoms with Crippen molar-refractivity contribution in [2.24, 2.45) is 5.73 Å². The lowest BCUT2D eigenvalue weighted by atomic mass is 10.1. The van der Waals surface area contributed by atoms with Crippen LogP contribution in [0, 0.1) is 12.7 Å². The number of aryl methyl sites for hydroxylation is 1. The molecule has 0 heterocycles. The molecule has 0 atom stereocenters. The zero-order chi connectivity index (χ0) is 17.9. The van der Waals surface area contributed by atoms with Crippen LogP contribution in [-0.4, -0.2) is 11.8 Å². The fraction of sp³-hybridized carbons (Fsp3) is 0.176. The Morgan fingerprint density at radius 2 is 1.96 bits per heavy atom. The van der Waals surface area contributed by atoms with E-state index in [2.05, 4.69) is 5.32 Å². The molecule has 4 nitrogen and oxygen atoms in total. The lowest BCUT2D eigenvalue weighted by molar-refractivity contribution is -0.116. The van der Waals surface area contributed by atoms with Gasteiger partial charge in [0.25, 0.3) is 0 Å². The van der Waals surface area contributed by atoms with Gasteiger partial charge in [-0.25, -0.2) is 4.39 Å². The normalized spacial score (nSPS) is 10.5. The topological polar surface area (TPSA) is 72.2 Å². The molecule has 0 aliphatic carbocycles. The van der Waals surface area contributed by atoms with Crippen molar-refractivity contribution in [2.75, 3.05) is 5.32 Å². The Balaban J connectivity index is 2.10. The summed E-state index contributed by atoms with van der Waals surface area (Å²) in [5, 5.41) is 3.41. The molecule has 0 fully saturated rings. The monoisotopic (exact) mass is 368 g/mol. The molecule has 0 bridgehead atoms. The van der Waals surface area contributed by atoms with Gasteiger partial charge >= 0.3 is 0 Å². The minimum atomic E-state index is -0.768. The van der Waals surface area contributed by atoms with Gasteiger partial charge in [0.05, 0.1) is 10.0 Å². The molecule has 2 amide bonds. The van der Waals surface area contributed by atoms with Crippen molar-refractivity contribution in [3.63, 3.8) is 0 Å². The van der Waals surface area contributed by atoms with Crippen LogP contribution in [0.15, 0.2) is 30.3 Å². The highest BCUT2D eigenvalue weighted by Gasteiger charge is 2.13. The summed E-state index contributed by atoms with van der Waals surface area (Å²) in [4.78, 5) is 23.3. The maximum atomic E-state index is 13.8. The summed E-state index contributed by atoms with van der Waals surface area (Å²) in [5.74, 6) is -1.72. The van der Waals surface area contributed by atoms with E-state index >= 15 is 0 Å². The van der Waals surface area contributed by atoms with Crippen molar-refractivity contribution in [3.05, 3.63) is 62.9 Å². The molecule has 24 heavy (non-hydrogen) atoms. The van der Waals surface area contributed by atoms with Crippen LogP contribution in [-0.2, 0) is 11.2 Å². The first kappa shape index (κ1) is 18.2. The zero-order valence-corrected chi connectivity index (χ0v) is 14.3. The van der Waals surface area contributed by atoms with E-state index in [1.807, 2.05) is 0 Å². The molecule has 0 aromatic heterocycles. The molecule has 0 aliphatic rings. The van der Waals surface area contributed by atoms with Gasteiger partial charge in [0.15, 0.2) is 0 Å². The van der Waals surface area contributed by atoms with E-state index in [4.69, 9.17) is 28.9 Å². The quantitative estimate of drug-likeness (QED) is 0.833. The Bertz CT molecular complexity index is 809. The lowest BCUT2D eigenvalue weighted by Crippen LogP contribution is -2.16. The molecule has 0 unspecified atom stereocenters. The molecular weight excluding hydrogens is 354 g/mol. The molecular formula is C17H15Cl2FN2O2. The number of anilines is 1. The standard InChI is InChI=1S/C17H15Cl2FN2O2/c1-9-13(20)7-11(17(21)24)8-14(9)22-15(23)6-5-10-3-2-4-12(18)16(10)19/h2-4,7-8H,5-6H2,1H3,(H2,21,24)(H,22,23). The van der Waals surface area contributed by atoms with Gasteiger partial charge in [0, 0.05) is 23.2 Å². The number of benzene rings is 2. The number of nitrogens with one attached hydrogen (secondary N) is 1. The molecule has 2 aromatic rings. The summed E-state index contributed by atoms with van der Waals surface area (Å²) >= 11 is 12.0. The largest absolute Gasteiger partial charge is 0.366 e. The SMILES string of the molecule is Cc1c(F)cc(C(N)=O)cc1NC(=O)CCc1cccc(Cl)c1Cl. The Morgan fingerprint density at radius 3 is 2.62 bits per heavy atom. The maximum Gasteiger partial charge on any atom is 0.248 e. The Kier molecular flexibility index (Phi) is 5.80. The van der Waals surface area contributed by atoms with Crippen LogP contribution in [0.3, 0.4) is 0 Å². The second-order valence-electron chi connectivity index (χ2n) is 5.26. The van der Waals surface area contributed by atoms with Crippen LogP contribution in [0.2, 0.25) is 10.0 Å². The molecule has 0 radical (unpaired) electrons. The van der Waals surface area contributed by atoms with E-state index in [0.717, 1.165) is 11.6 Å². The fourth-order valence-electron chi connectivity index (χ4n) is 2.15. The molecule has 126 valence electrons. The smallest absolute Gasteiger partial charge is 0.248 e. The first-order chi connectivity index (χ1) is 11.3. The summed E-state index contributed by atoms with van der Waals surface area (Å²) in [5.41, 5.74) is 6.33. The summed E-state index contributed by atoms with van der Waals surface area (Å²) in [6.45, 7) is 1.50. The second kappa shape index (κ2) is 7.64. The van der Waals surface area contributed by atoms with Crippen molar-refractivity contribution in [2.45, 2.75) is 19.8 Å². The number of hydrogen-bond donors (Lipinski definition) is 2. The average Bonchev–Trinajstić information content (AvgIpc) is 2.52. The predicted molar refractivity (Wildman–Crippen MR) is 93.1 cm³/mol. The third kappa shape index (κ3) is 4.24. The van der Waals surface area contributed by atoms with Crippen molar-refractivity contribution >= 4 is 40.7 Å². The lowest BCUT2D eigenvalue weighted by Gasteiger charge is -2.11. The van der Waals surface area contributed by atoms with Crippen LogP contribution >= 0.6 is 23.2 Å². The highest BCUT2D eigenvalue weighted by Crippen LogP contribution is 2.26. The fourth-order valence-corrected chi connectivity index (χ4v) is 2.57. The first-order valence-corrected chi connectivity index (χ1v) is 7.88. The third-order valence-corrected chi connectivity index (χ3v) is 4.41. The molecule has 0 aliphatic heterocycles. The van der Waals surface area contributed by atoms with Crippen LogP contribution in [0.25, 0.3) is 0 Å². The number of amides is 2. The maximum absolute atomic E-state index is 13.8.